The molecule has 1 atom stereocenters. The van der Waals surface area contributed by atoms with E-state index in [0.29, 0.717) is 42.2 Å². The molecule has 1 aliphatic heterocycles. The minimum Gasteiger partial charge on any atom is -0.465 e. The van der Waals surface area contributed by atoms with E-state index in [0.717, 1.165) is 15.3 Å². The van der Waals surface area contributed by atoms with Crippen LogP contribution in [-0.4, -0.2) is 47.5 Å². The Labute approximate surface area is 201 Å². The van der Waals surface area contributed by atoms with Crippen molar-refractivity contribution in [1.29, 1.82) is 0 Å². The van der Waals surface area contributed by atoms with E-state index < -0.39 is 11.2 Å². The van der Waals surface area contributed by atoms with Gasteiger partial charge < -0.3 is 20.3 Å². The van der Waals surface area contributed by atoms with Crippen molar-refractivity contribution in [2.24, 2.45) is 0 Å². The fraction of sp³-hybridized carbons (Fsp3) is 0.391. The lowest BCUT2D eigenvalue weighted by atomic mass is 10.0. The maximum Gasteiger partial charge on any atom is 0.341 e. The molecule has 3 amide bonds. The predicted molar refractivity (Wildman–Crippen MR) is 130 cm³/mol. The molecule has 0 aliphatic carbocycles. The summed E-state index contributed by atoms with van der Waals surface area (Å²) < 4.78 is 4.98. The predicted octanol–water partition coefficient (Wildman–Crippen LogP) is 3.91. The highest BCUT2D eigenvalue weighted by molar-refractivity contribution is 8.00. The Bertz CT molecular complexity index is 1080. The number of carbonyl (C=O) groups is 4. The molecule has 0 spiro atoms. The van der Waals surface area contributed by atoms with E-state index in [2.05, 4.69) is 10.6 Å². The summed E-state index contributed by atoms with van der Waals surface area (Å²) in [6, 6.07) is 7.31. The Balaban J connectivity index is 1.81. The van der Waals surface area contributed by atoms with E-state index in [9.17, 15) is 19.2 Å². The number of benzene rings is 1. The summed E-state index contributed by atoms with van der Waals surface area (Å²) in [6.45, 7) is 5.82. The largest absolute Gasteiger partial charge is 0.465 e. The van der Waals surface area contributed by atoms with Gasteiger partial charge in [-0.05, 0) is 36.6 Å². The van der Waals surface area contributed by atoms with Crippen molar-refractivity contribution in [1.82, 2.24) is 4.90 Å². The number of carbonyl (C=O) groups excluding carboxylic acids is 4. The molecule has 1 aromatic heterocycles. The first-order chi connectivity index (χ1) is 15.7. The van der Waals surface area contributed by atoms with Gasteiger partial charge in [0.1, 0.15) is 5.00 Å². The fourth-order valence-electron chi connectivity index (χ4n) is 3.61. The molecule has 2 heterocycles. The van der Waals surface area contributed by atoms with Crippen LogP contribution in [0.4, 0.5) is 10.7 Å². The van der Waals surface area contributed by atoms with Crippen molar-refractivity contribution in [3.8, 4) is 0 Å². The van der Waals surface area contributed by atoms with Crippen molar-refractivity contribution in [3.63, 3.8) is 0 Å². The molecular formula is C23H27N3O5S2. The van der Waals surface area contributed by atoms with E-state index in [1.54, 1.807) is 11.0 Å². The number of fused-ring (bicyclic) bond motifs is 1. The van der Waals surface area contributed by atoms with E-state index in [1.165, 1.54) is 44.1 Å². The normalized spacial score (nSPS) is 13.6. The summed E-state index contributed by atoms with van der Waals surface area (Å²) >= 11 is 2.70. The van der Waals surface area contributed by atoms with Gasteiger partial charge in [-0.15, -0.1) is 23.1 Å². The van der Waals surface area contributed by atoms with Crippen LogP contribution in [0.5, 0.6) is 0 Å². The molecule has 0 saturated heterocycles. The monoisotopic (exact) mass is 489 g/mol. The molecule has 0 fully saturated rings. The van der Waals surface area contributed by atoms with E-state index in [1.807, 2.05) is 25.1 Å². The second kappa shape index (κ2) is 10.8. The minimum absolute atomic E-state index is 0.0248. The Kier molecular flexibility index (Phi) is 8.15. The summed E-state index contributed by atoms with van der Waals surface area (Å²) in [5, 5.41) is 5.72. The molecule has 1 aromatic carbocycles. The van der Waals surface area contributed by atoms with Crippen LogP contribution < -0.4 is 10.6 Å². The summed E-state index contributed by atoms with van der Waals surface area (Å²) in [7, 11) is 1.31. The van der Waals surface area contributed by atoms with Crippen molar-refractivity contribution < 1.29 is 23.9 Å². The number of hydrogen-bond acceptors (Lipinski definition) is 7. The van der Waals surface area contributed by atoms with Gasteiger partial charge in [0.05, 0.1) is 24.5 Å². The van der Waals surface area contributed by atoms with Crippen molar-refractivity contribution >= 4 is 57.5 Å². The molecule has 10 heteroatoms. The van der Waals surface area contributed by atoms with Crippen LogP contribution in [0.15, 0.2) is 29.2 Å². The number of methoxy groups -OCH3 is 1. The first-order valence-electron chi connectivity index (χ1n) is 10.6. The Hall–Kier alpha value is -2.85. The van der Waals surface area contributed by atoms with Gasteiger partial charge in [-0.25, -0.2) is 4.79 Å². The average Bonchev–Trinajstić information content (AvgIpc) is 3.13. The molecular weight excluding hydrogens is 462 g/mol. The Morgan fingerprint density at radius 2 is 1.97 bits per heavy atom. The van der Waals surface area contributed by atoms with Crippen molar-refractivity contribution in [2.75, 3.05) is 24.3 Å². The van der Waals surface area contributed by atoms with Gasteiger partial charge in [0.2, 0.25) is 17.7 Å². The van der Waals surface area contributed by atoms with Gasteiger partial charge >= 0.3 is 5.97 Å². The highest BCUT2D eigenvalue weighted by Gasteiger charge is 2.31. The second-order valence-electron chi connectivity index (χ2n) is 7.60. The van der Waals surface area contributed by atoms with E-state index in [-0.39, 0.29) is 17.7 Å². The van der Waals surface area contributed by atoms with Crippen molar-refractivity contribution in [2.45, 2.75) is 50.3 Å². The number of thioether (sulfide) groups is 1. The number of thiophene rings is 1. The molecule has 0 saturated carbocycles. The molecule has 3 rings (SSSR count). The lowest BCUT2D eigenvalue weighted by Gasteiger charge is -2.25. The third-order valence-electron chi connectivity index (χ3n) is 5.22. The Morgan fingerprint density at radius 3 is 2.61 bits per heavy atom. The number of ether oxygens (including phenoxy) is 1. The SMILES string of the molecule is CCC(Sc1cccc(NC(C)=O)c1)C(=O)Nc1sc2c(c1C(=O)OC)CCN(C(C)=O)C2. The second-order valence-corrected chi connectivity index (χ2v) is 9.98. The van der Waals surface area contributed by atoms with Gasteiger partial charge in [0, 0.05) is 35.9 Å². The lowest BCUT2D eigenvalue weighted by molar-refractivity contribution is -0.129. The number of amides is 3. The van der Waals surface area contributed by atoms with Crippen LogP contribution in [0.3, 0.4) is 0 Å². The third-order valence-corrected chi connectivity index (χ3v) is 7.71. The van der Waals surface area contributed by atoms with Gasteiger partial charge in [-0.1, -0.05) is 13.0 Å². The molecule has 1 aliphatic rings. The van der Waals surface area contributed by atoms with Crippen LogP contribution in [0.1, 0.15) is 48.0 Å². The fourth-order valence-corrected chi connectivity index (χ4v) is 5.88. The zero-order chi connectivity index (χ0) is 24.1. The number of rotatable bonds is 7. The number of anilines is 2. The molecule has 0 bridgehead atoms. The van der Waals surface area contributed by atoms with Gasteiger partial charge in [0.15, 0.2) is 0 Å². The summed E-state index contributed by atoms with van der Waals surface area (Å²) in [6.07, 6.45) is 1.10. The topological polar surface area (TPSA) is 105 Å². The maximum atomic E-state index is 13.1. The first-order valence-corrected chi connectivity index (χ1v) is 12.3. The van der Waals surface area contributed by atoms with Crippen molar-refractivity contribution in [3.05, 3.63) is 40.3 Å². The van der Waals surface area contributed by atoms with Crippen LogP contribution in [0.25, 0.3) is 0 Å². The number of nitrogens with zero attached hydrogens (tertiary/aromatic N) is 1. The molecule has 1 unspecified atom stereocenters. The molecule has 2 N–H and O–H groups in total. The van der Waals surface area contributed by atoms with Crippen LogP contribution in [0.2, 0.25) is 0 Å². The lowest BCUT2D eigenvalue weighted by Crippen LogP contribution is -2.34. The number of esters is 1. The van der Waals surface area contributed by atoms with E-state index >= 15 is 0 Å². The summed E-state index contributed by atoms with van der Waals surface area (Å²) in [5.74, 6) is -0.909. The smallest absolute Gasteiger partial charge is 0.341 e. The number of hydrogen-bond donors (Lipinski definition) is 2. The third kappa shape index (κ3) is 5.94. The molecule has 8 nitrogen and oxygen atoms in total. The van der Waals surface area contributed by atoms with E-state index in [4.69, 9.17) is 4.74 Å². The van der Waals surface area contributed by atoms with Crippen LogP contribution in [0, 0.1) is 0 Å². The van der Waals surface area contributed by atoms with Gasteiger partial charge in [-0.3, -0.25) is 14.4 Å². The highest BCUT2D eigenvalue weighted by Crippen LogP contribution is 2.38. The molecule has 176 valence electrons. The van der Waals surface area contributed by atoms with Crippen LogP contribution >= 0.6 is 23.1 Å². The summed E-state index contributed by atoms with van der Waals surface area (Å²) in [5.41, 5.74) is 1.88. The minimum atomic E-state index is -0.497. The molecule has 33 heavy (non-hydrogen) atoms. The molecule has 0 radical (unpaired) electrons. The quantitative estimate of drug-likeness (QED) is 0.451. The zero-order valence-electron chi connectivity index (χ0n) is 19.0. The average molecular weight is 490 g/mol. The zero-order valence-corrected chi connectivity index (χ0v) is 20.7. The Morgan fingerprint density at radius 1 is 1.21 bits per heavy atom. The highest BCUT2D eigenvalue weighted by atomic mass is 32.2. The standard InChI is InChI=1S/C23H27N3O5S2/c1-5-18(32-16-8-6-7-15(11-16)24-13(2)27)21(29)25-22-20(23(30)31-4)17-9-10-26(14(3)28)12-19(17)33-22/h6-8,11,18H,5,9-10,12H2,1-4H3,(H,24,27)(H,25,29). The van der Waals surface area contributed by atoms with Gasteiger partial charge in [-0.2, -0.15) is 0 Å². The van der Waals surface area contributed by atoms with Crippen LogP contribution in [-0.2, 0) is 32.1 Å². The number of nitrogens with one attached hydrogen (secondary N) is 2. The molecule has 2 aromatic rings. The van der Waals surface area contributed by atoms with Gasteiger partial charge in [0.25, 0.3) is 0 Å². The summed E-state index contributed by atoms with van der Waals surface area (Å²) in [4.78, 5) is 52.3. The first kappa shape index (κ1) is 24.8. The maximum absolute atomic E-state index is 13.1.